The van der Waals surface area contributed by atoms with Crippen molar-refractivity contribution >= 4 is 44.3 Å². The van der Waals surface area contributed by atoms with Crippen LogP contribution in [0.15, 0.2) is 21.1 Å². The molecule has 116 valence electrons. The van der Waals surface area contributed by atoms with E-state index in [0.717, 1.165) is 26.8 Å². The summed E-state index contributed by atoms with van der Waals surface area (Å²) < 4.78 is 12.8. The van der Waals surface area contributed by atoms with E-state index in [2.05, 4.69) is 37.2 Å². The van der Waals surface area contributed by atoms with Gasteiger partial charge in [0.05, 0.1) is 30.9 Å². The molecule has 0 saturated carbocycles. The van der Waals surface area contributed by atoms with Gasteiger partial charge >= 0.3 is 0 Å². The maximum atomic E-state index is 8.58. The molecule has 0 aliphatic heterocycles. The van der Waals surface area contributed by atoms with E-state index >= 15 is 0 Å². The maximum absolute atomic E-state index is 8.58. The lowest BCUT2D eigenvalue weighted by atomic mass is 10.2. The Bertz CT molecular complexity index is 394. The third-order valence-electron chi connectivity index (χ3n) is 2.35. The van der Waals surface area contributed by atoms with Crippen molar-refractivity contribution < 1.29 is 14.6 Å². The molecule has 4 nitrogen and oxygen atoms in total. The molecule has 20 heavy (non-hydrogen) atoms. The summed E-state index contributed by atoms with van der Waals surface area (Å²) in [5.41, 5.74) is 1.09. The fourth-order valence-corrected chi connectivity index (χ4v) is 3.01. The van der Waals surface area contributed by atoms with Crippen LogP contribution in [0, 0.1) is 0 Å². The summed E-state index contributed by atoms with van der Waals surface area (Å²) in [6.07, 6.45) is 0. The molecule has 0 fully saturated rings. The van der Waals surface area contributed by atoms with Crippen molar-refractivity contribution in [1.82, 2.24) is 5.32 Å². The van der Waals surface area contributed by atoms with Crippen LogP contribution < -0.4 is 10.1 Å². The largest absolute Gasteiger partial charge is 0.492 e. The van der Waals surface area contributed by atoms with E-state index in [9.17, 15) is 0 Å². The second-order valence-electron chi connectivity index (χ2n) is 3.82. The molecular weight excluding hydrogens is 413 g/mol. The first-order chi connectivity index (χ1) is 9.19. The Hall–Kier alpha value is 0.150. The van der Waals surface area contributed by atoms with Crippen LogP contribution in [0.4, 0.5) is 0 Å². The molecule has 0 aliphatic rings. The highest BCUT2D eigenvalue weighted by molar-refractivity contribution is 9.11. The number of hydrogen-bond donors (Lipinski definition) is 2. The number of aliphatic hydroxyl groups excluding tert-OH is 1. The molecule has 2 N–H and O–H groups in total. The summed E-state index contributed by atoms with van der Waals surface area (Å²) in [6.45, 7) is 5.06. The first-order valence-corrected chi connectivity index (χ1v) is 7.77. The fourth-order valence-electron chi connectivity index (χ4n) is 1.58. The molecular formula is C13H20Br2ClNO3. The Labute approximate surface area is 142 Å². The average Bonchev–Trinajstić information content (AvgIpc) is 2.37. The first-order valence-electron chi connectivity index (χ1n) is 6.19. The highest BCUT2D eigenvalue weighted by Crippen LogP contribution is 2.32. The van der Waals surface area contributed by atoms with E-state index in [1.807, 2.05) is 19.1 Å². The Morgan fingerprint density at radius 1 is 1.25 bits per heavy atom. The zero-order chi connectivity index (χ0) is 14.1. The van der Waals surface area contributed by atoms with Gasteiger partial charge in [0.25, 0.3) is 0 Å². The summed E-state index contributed by atoms with van der Waals surface area (Å²) in [5.74, 6) is 0.870. The quantitative estimate of drug-likeness (QED) is 0.588. The van der Waals surface area contributed by atoms with Crippen molar-refractivity contribution in [3.8, 4) is 5.75 Å². The van der Waals surface area contributed by atoms with Gasteiger partial charge in [0.2, 0.25) is 0 Å². The third-order valence-corrected chi connectivity index (χ3v) is 3.40. The van der Waals surface area contributed by atoms with Gasteiger partial charge in [0.1, 0.15) is 5.75 Å². The van der Waals surface area contributed by atoms with Gasteiger partial charge in [-0.3, -0.25) is 0 Å². The number of nitrogens with one attached hydrogen (secondary N) is 1. The van der Waals surface area contributed by atoms with Crippen LogP contribution >= 0.6 is 44.3 Å². The standard InChI is InChI=1S/C13H19Br2NO3.ClH/c1-2-19-13-10(7-11(14)8-12(13)15)9-16-3-5-18-6-4-17;/h7-8,16-17H,2-6,9H2,1H3;1H. The van der Waals surface area contributed by atoms with E-state index in [4.69, 9.17) is 14.6 Å². The molecule has 1 aromatic rings. The molecule has 0 radical (unpaired) electrons. The molecule has 0 saturated heterocycles. The van der Waals surface area contributed by atoms with Crippen molar-refractivity contribution in [2.45, 2.75) is 13.5 Å². The number of rotatable bonds is 9. The molecule has 0 spiro atoms. The summed E-state index contributed by atoms with van der Waals surface area (Å²) in [6, 6.07) is 4.01. The number of ether oxygens (including phenoxy) is 2. The van der Waals surface area contributed by atoms with Crippen LogP contribution in [-0.2, 0) is 11.3 Å². The Balaban J connectivity index is 0.00000361. The molecule has 1 aromatic carbocycles. The van der Waals surface area contributed by atoms with E-state index in [1.54, 1.807) is 0 Å². The minimum atomic E-state index is 0. The monoisotopic (exact) mass is 431 g/mol. The van der Waals surface area contributed by atoms with Crippen molar-refractivity contribution in [2.24, 2.45) is 0 Å². The molecule has 7 heteroatoms. The maximum Gasteiger partial charge on any atom is 0.138 e. The summed E-state index contributed by atoms with van der Waals surface area (Å²) in [4.78, 5) is 0. The summed E-state index contributed by atoms with van der Waals surface area (Å²) in [7, 11) is 0. The van der Waals surface area contributed by atoms with Gasteiger partial charge in [-0.05, 0) is 35.0 Å². The first kappa shape index (κ1) is 20.1. The predicted molar refractivity (Wildman–Crippen MR) is 89.9 cm³/mol. The Kier molecular flexibility index (Phi) is 11.9. The second kappa shape index (κ2) is 11.8. The van der Waals surface area contributed by atoms with E-state index < -0.39 is 0 Å². The molecule has 0 aromatic heterocycles. The van der Waals surface area contributed by atoms with Crippen LogP contribution in [0.5, 0.6) is 5.75 Å². The predicted octanol–water partition coefficient (Wildman–Crippen LogP) is 3.13. The minimum absolute atomic E-state index is 0. The normalized spacial score (nSPS) is 10.2. The highest BCUT2D eigenvalue weighted by atomic mass is 79.9. The number of halogens is 3. The molecule has 1 rings (SSSR count). The zero-order valence-electron chi connectivity index (χ0n) is 11.3. The topological polar surface area (TPSA) is 50.7 Å². The van der Waals surface area contributed by atoms with Gasteiger partial charge in [-0.1, -0.05) is 15.9 Å². The Morgan fingerprint density at radius 2 is 2.00 bits per heavy atom. The van der Waals surface area contributed by atoms with E-state index in [1.165, 1.54) is 0 Å². The van der Waals surface area contributed by atoms with Crippen molar-refractivity contribution in [2.75, 3.05) is 33.0 Å². The number of aliphatic hydroxyl groups is 1. The lowest BCUT2D eigenvalue weighted by Gasteiger charge is -2.13. The van der Waals surface area contributed by atoms with Crippen LogP contribution in [-0.4, -0.2) is 38.1 Å². The molecule has 0 atom stereocenters. The van der Waals surface area contributed by atoms with Crippen molar-refractivity contribution in [3.63, 3.8) is 0 Å². The van der Waals surface area contributed by atoms with Gasteiger partial charge in [-0.15, -0.1) is 12.4 Å². The van der Waals surface area contributed by atoms with Crippen molar-refractivity contribution in [3.05, 3.63) is 26.6 Å². The number of hydrogen-bond acceptors (Lipinski definition) is 4. The van der Waals surface area contributed by atoms with Crippen molar-refractivity contribution in [1.29, 1.82) is 0 Å². The van der Waals surface area contributed by atoms with Gasteiger partial charge in [-0.2, -0.15) is 0 Å². The van der Waals surface area contributed by atoms with Crippen LogP contribution in [0.2, 0.25) is 0 Å². The highest BCUT2D eigenvalue weighted by Gasteiger charge is 2.09. The minimum Gasteiger partial charge on any atom is -0.492 e. The summed E-state index contributed by atoms with van der Waals surface area (Å²) in [5, 5.41) is 11.9. The smallest absolute Gasteiger partial charge is 0.138 e. The Morgan fingerprint density at radius 3 is 2.65 bits per heavy atom. The fraction of sp³-hybridized carbons (Fsp3) is 0.538. The molecule has 0 amide bonds. The second-order valence-corrected chi connectivity index (χ2v) is 5.59. The van der Waals surface area contributed by atoms with Crippen LogP contribution in [0.25, 0.3) is 0 Å². The molecule has 0 bridgehead atoms. The van der Waals surface area contributed by atoms with Crippen LogP contribution in [0.3, 0.4) is 0 Å². The van der Waals surface area contributed by atoms with Gasteiger partial charge < -0.3 is 19.9 Å². The van der Waals surface area contributed by atoms with Gasteiger partial charge in [-0.25, -0.2) is 0 Å². The van der Waals surface area contributed by atoms with Gasteiger partial charge in [0.15, 0.2) is 0 Å². The molecule has 0 unspecified atom stereocenters. The van der Waals surface area contributed by atoms with Gasteiger partial charge in [0, 0.05) is 23.1 Å². The SMILES string of the molecule is CCOc1c(Br)cc(Br)cc1CNCCOCCO.Cl. The molecule has 0 aliphatic carbocycles. The van der Waals surface area contributed by atoms with Crippen LogP contribution in [0.1, 0.15) is 12.5 Å². The average molecular weight is 434 g/mol. The lowest BCUT2D eigenvalue weighted by molar-refractivity contribution is 0.0937. The third kappa shape index (κ3) is 7.24. The number of benzene rings is 1. The lowest BCUT2D eigenvalue weighted by Crippen LogP contribution is -2.20. The molecule has 0 heterocycles. The van der Waals surface area contributed by atoms with E-state index in [-0.39, 0.29) is 19.0 Å². The van der Waals surface area contributed by atoms with E-state index in [0.29, 0.717) is 26.4 Å². The zero-order valence-corrected chi connectivity index (χ0v) is 15.3. The summed E-state index contributed by atoms with van der Waals surface area (Å²) >= 11 is 6.98.